The van der Waals surface area contributed by atoms with Crippen LogP contribution in [0.15, 0.2) is 18.2 Å². The number of nitrogens with one attached hydrogen (secondary N) is 1. The number of rotatable bonds is 3. The summed E-state index contributed by atoms with van der Waals surface area (Å²) in [6, 6.07) is 5.86. The first-order valence-corrected chi connectivity index (χ1v) is 5.33. The summed E-state index contributed by atoms with van der Waals surface area (Å²) in [5.74, 6) is 0.870. The number of aryl methyl sites for hydroxylation is 1. The predicted molar refractivity (Wildman–Crippen MR) is 59.1 cm³/mol. The van der Waals surface area contributed by atoms with Crippen LogP contribution >= 0.6 is 0 Å². The Labute approximate surface area is 90.1 Å². The number of β-amino-alcohol motifs (C(OH)–C–C–N with tert-alkyl or cyclic N) is 1. The van der Waals surface area contributed by atoms with Crippen LogP contribution in [0.5, 0.6) is 5.75 Å². The topological polar surface area (TPSA) is 41.5 Å². The van der Waals surface area contributed by atoms with Crippen LogP contribution in [0.2, 0.25) is 0 Å². The van der Waals surface area contributed by atoms with Crippen molar-refractivity contribution < 1.29 is 9.84 Å². The summed E-state index contributed by atoms with van der Waals surface area (Å²) in [5, 5.41) is 13.3. The average Bonchev–Trinajstić information content (AvgIpc) is 2.15. The fourth-order valence-corrected chi connectivity index (χ4v) is 1.97. The second kappa shape index (κ2) is 3.83. The number of hydrogen-bond acceptors (Lipinski definition) is 3. The SMILES string of the molecule is CCOc1ccc(C2(O)CNC2)c(C)c1. The van der Waals surface area contributed by atoms with E-state index in [9.17, 15) is 5.11 Å². The molecule has 3 heteroatoms. The molecule has 0 unspecified atom stereocenters. The van der Waals surface area contributed by atoms with Gasteiger partial charge in [0.15, 0.2) is 0 Å². The molecule has 0 spiro atoms. The van der Waals surface area contributed by atoms with Gasteiger partial charge in [-0.3, -0.25) is 0 Å². The summed E-state index contributed by atoms with van der Waals surface area (Å²) in [5.41, 5.74) is 1.42. The predicted octanol–water partition coefficient (Wildman–Crippen LogP) is 1.18. The Morgan fingerprint density at radius 1 is 1.47 bits per heavy atom. The Hall–Kier alpha value is -1.06. The summed E-state index contributed by atoms with van der Waals surface area (Å²) in [7, 11) is 0. The summed E-state index contributed by atoms with van der Waals surface area (Å²) in [4.78, 5) is 0. The zero-order valence-electron chi connectivity index (χ0n) is 9.21. The molecule has 1 aromatic carbocycles. The highest BCUT2D eigenvalue weighted by Crippen LogP contribution is 2.30. The maximum absolute atomic E-state index is 10.2. The van der Waals surface area contributed by atoms with Crippen molar-refractivity contribution in [2.75, 3.05) is 19.7 Å². The zero-order valence-corrected chi connectivity index (χ0v) is 9.21. The molecule has 1 fully saturated rings. The normalized spacial score (nSPS) is 18.3. The first-order valence-electron chi connectivity index (χ1n) is 5.33. The lowest BCUT2D eigenvalue weighted by Crippen LogP contribution is -2.57. The van der Waals surface area contributed by atoms with E-state index in [1.165, 1.54) is 0 Å². The number of benzene rings is 1. The third-order valence-corrected chi connectivity index (χ3v) is 2.85. The highest BCUT2D eigenvalue weighted by molar-refractivity contribution is 5.39. The summed E-state index contributed by atoms with van der Waals surface area (Å²) >= 11 is 0. The molecule has 2 rings (SSSR count). The van der Waals surface area contributed by atoms with Gasteiger partial charge in [-0.1, -0.05) is 6.07 Å². The molecule has 0 amide bonds. The van der Waals surface area contributed by atoms with E-state index in [0.717, 1.165) is 16.9 Å². The fourth-order valence-electron chi connectivity index (χ4n) is 1.97. The van der Waals surface area contributed by atoms with Crippen LogP contribution in [-0.4, -0.2) is 24.8 Å². The fraction of sp³-hybridized carbons (Fsp3) is 0.500. The van der Waals surface area contributed by atoms with Crippen LogP contribution in [0.3, 0.4) is 0 Å². The second-order valence-electron chi connectivity index (χ2n) is 4.04. The highest BCUT2D eigenvalue weighted by atomic mass is 16.5. The molecule has 0 atom stereocenters. The lowest BCUT2D eigenvalue weighted by Gasteiger charge is -2.39. The van der Waals surface area contributed by atoms with Gasteiger partial charge in [-0.05, 0) is 37.1 Å². The Kier molecular flexibility index (Phi) is 2.67. The average molecular weight is 207 g/mol. The van der Waals surface area contributed by atoms with Gasteiger partial charge >= 0.3 is 0 Å². The molecule has 0 aromatic heterocycles. The van der Waals surface area contributed by atoms with Gasteiger partial charge in [0.05, 0.1) is 6.61 Å². The maximum atomic E-state index is 10.2. The van der Waals surface area contributed by atoms with E-state index in [4.69, 9.17) is 4.74 Å². The van der Waals surface area contributed by atoms with Gasteiger partial charge in [-0.25, -0.2) is 0 Å². The van der Waals surface area contributed by atoms with Gasteiger partial charge in [0.1, 0.15) is 11.4 Å². The number of aliphatic hydroxyl groups is 1. The lowest BCUT2D eigenvalue weighted by molar-refractivity contribution is -0.0152. The van der Waals surface area contributed by atoms with Crippen molar-refractivity contribution in [3.8, 4) is 5.75 Å². The van der Waals surface area contributed by atoms with Crippen molar-refractivity contribution in [2.45, 2.75) is 19.4 Å². The van der Waals surface area contributed by atoms with Gasteiger partial charge < -0.3 is 15.2 Å². The largest absolute Gasteiger partial charge is 0.494 e. The van der Waals surface area contributed by atoms with Crippen molar-refractivity contribution in [1.82, 2.24) is 5.32 Å². The molecule has 3 nitrogen and oxygen atoms in total. The first kappa shape index (κ1) is 10.5. The standard InChI is InChI=1S/C12H17NO2/c1-3-15-10-4-5-11(9(2)6-10)12(14)7-13-8-12/h4-6,13-14H,3,7-8H2,1-2H3. The Morgan fingerprint density at radius 3 is 2.67 bits per heavy atom. The van der Waals surface area contributed by atoms with Crippen molar-refractivity contribution in [2.24, 2.45) is 0 Å². The molecular formula is C12H17NO2. The smallest absolute Gasteiger partial charge is 0.119 e. The molecule has 1 heterocycles. The van der Waals surface area contributed by atoms with Gasteiger partial charge in [-0.15, -0.1) is 0 Å². The summed E-state index contributed by atoms with van der Waals surface area (Å²) in [6.07, 6.45) is 0. The molecule has 1 saturated heterocycles. The van der Waals surface area contributed by atoms with E-state index < -0.39 is 5.60 Å². The molecule has 2 N–H and O–H groups in total. The van der Waals surface area contributed by atoms with E-state index in [2.05, 4.69) is 5.32 Å². The number of hydrogen-bond donors (Lipinski definition) is 2. The molecule has 0 aliphatic carbocycles. The van der Waals surface area contributed by atoms with Gasteiger partial charge in [0.2, 0.25) is 0 Å². The van der Waals surface area contributed by atoms with Crippen molar-refractivity contribution in [3.63, 3.8) is 0 Å². The van der Waals surface area contributed by atoms with Crippen LogP contribution < -0.4 is 10.1 Å². The Bertz CT molecular complexity index is 359. The van der Waals surface area contributed by atoms with Crippen LogP contribution in [0.1, 0.15) is 18.1 Å². The van der Waals surface area contributed by atoms with E-state index in [-0.39, 0.29) is 0 Å². The molecule has 0 radical (unpaired) electrons. The van der Waals surface area contributed by atoms with Crippen molar-refractivity contribution in [1.29, 1.82) is 0 Å². The molecule has 1 aliphatic rings. The maximum Gasteiger partial charge on any atom is 0.119 e. The van der Waals surface area contributed by atoms with Crippen LogP contribution in [0.4, 0.5) is 0 Å². The Morgan fingerprint density at radius 2 is 2.20 bits per heavy atom. The van der Waals surface area contributed by atoms with Crippen LogP contribution in [0.25, 0.3) is 0 Å². The monoisotopic (exact) mass is 207 g/mol. The molecule has 15 heavy (non-hydrogen) atoms. The summed E-state index contributed by atoms with van der Waals surface area (Å²) in [6.45, 7) is 5.93. The number of ether oxygens (including phenoxy) is 1. The minimum absolute atomic E-state index is 0.641. The minimum atomic E-state index is -0.672. The molecular weight excluding hydrogens is 190 g/mol. The lowest BCUT2D eigenvalue weighted by atomic mass is 9.85. The van der Waals surface area contributed by atoms with Crippen LogP contribution in [-0.2, 0) is 5.60 Å². The van der Waals surface area contributed by atoms with Gasteiger partial charge in [-0.2, -0.15) is 0 Å². The third-order valence-electron chi connectivity index (χ3n) is 2.85. The van der Waals surface area contributed by atoms with E-state index in [1.807, 2.05) is 32.0 Å². The highest BCUT2D eigenvalue weighted by Gasteiger charge is 2.37. The molecule has 0 saturated carbocycles. The zero-order chi connectivity index (χ0) is 10.9. The molecule has 82 valence electrons. The molecule has 1 aromatic rings. The molecule has 1 aliphatic heterocycles. The van der Waals surface area contributed by atoms with Crippen molar-refractivity contribution >= 4 is 0 Å². The van der Waals surface area contributed by atoms with Gasteiger partial charge in [0, 0.05) is 13.1 Å². The second-order valence-corrected chi connectivity index (χ2v) is 4.04. The molecule has 0 bridgehead atoms. The quantitative estimate of drug-likeness (QED) is 0.782. The Balaban J connectivity index is 2.26. The van der Waals surface area contributed by atoms with E-state index >= 15 is 0 Å². The van der Waals surface area contributed by atoms with E-state index in [1.54, 1.807) is 0 Å². The van der Waals surface area contributed by atoms with Crippen LogP contribution in [0, 0.1) is 6.92 Å². The third kappa shape index (κ3) is 1.85. The minimum Gasteiger partial charge on any atom is -0.494 e. The summed E-state index contributed by atoms with van der Waals surface area (Å²) < 4.78 is 5.41. The first-order chi connectivity index (χ1) is 7.15. The van der Waals surface area contributed by atoms with Crippen molar-refractivity contribution in [3.05, 3.63) is 29.3 Å². The van der Waals surface area contributed by atoms with E-state index in [0.29, 0.717) is 19.7 Å². The van der Waals surface area contributed by atoms with Gasteiger partial charge in [0.25, 0.3) is 0 Å².